The van der Waals surface area contributed by atoms with Crippen LogP contribution in [0.4, 0.5) is 17.6 Å². The van der Waals surface area contributed by atoms with Crippen LogP contribution in [0.2, 0.25) is 0 Å². The Balaban J connectivity index is 0.000000171. The minimum absolute atomic E-state index is 0.00434. The number of hydrogen-bond acceptors (Lipinski definition) is 15. The van der Waals surface area contributed by atoms with Crippen molar-refractivity contribution in [2.45, 2.75) is 144 Å². The summed E-state index contributed by atoms with van der Waals surface area (Å²) in [6, 6.07) is 8.51. The molecule has 0 bridgehead atoms. The van der Waals surface area contributed by atoms with Gasteiger partial charge in [-0.15, -0.1) is 0 Å². The molecule has 9 atom stereocenters. The Morgan fingerprint density at radius 3 is 1.68 bits per heavy atom. The number of aromatic nitrogens is 8. The molecule has 1 aromatic carbocycles. The second-order valence-corrected chi connectivity index (χ2v) is 21.3. The Labute approximate surface area is 424 Å². The van der Waals surface area contributed by atoms with Gasteiger partial charge in [0.2, 0.25) is 0 Å². The molecule has 3 saturated carbocycles. The molecule has 9 N–H and O–H groups in total. The lowest BCUT2D eigenvalue weighted by Crippen LogP contribution is -2.41. The van der Waals surface area contributed by atoms with Gasteiger partial charge in [-0.2, -0.15) is 0 Å². The van der Waals surface area contributed by atoms with E-state index in [2.05, 4.69) is 34.9 Å². The van der Waals surface area contributed by atoms with Gasteiger partial charge < -0.3 is 41.4 Å². The van der Waals surface area contributed by atoms with Gasteiger partial charge in [0, 0.05) is 40.3 Å². The third-order valence-electron chi connectivity index (χ3n) is 14.2. The summed E-state index contributed by atoms with van der Waals surface area (Å²) in [6.07, 6.45) is 11.4. The molecule has 3 aliphatic carbocycles. The third-order valence-corrected chi connectivity index (χ3v) is 15.9. The second kappa shape index (κ2) is 23.8. The Morgan fingerprint density at radius 1 is 0.622 bits per heavy atom. The first kappa shape index (κ1) is 54.4. The minimum Gasteiger partial charge on any atom is -0.390 e. The lowest BCUT2D eigenvalue weighted by atomic mass is 9.91. The molecule has 396 valence electrons. The predicted octanol–water partition coefficient (Wildman–Crippen LogP) is 6.13. The SMILES string of the molecule is Cc1ccc(S(=O)(=O)n2cc(-c3ncc(F)c(CC4CCCC[C@@H](O)[C@@H]4O)n3)c3cc(F)cnc32)cc1.N[C@H]1CCCC[C@@H](O)[C@@H]1O.O[C@@H]1CCCCC(Cc2nc(-c3c[nH]c4ncc(F)cc34)ncc2F)[C@H]1O. The van der Waals surface area contributed by atoms with Crippen molar-refractivity contribution in [3.05, 3.63) is 114 Å². The normalized spacial score (nSPS) is 24.7. The molecule has 2 unspecified atom stereocenters. The van der Waals surface area contributed by atoms with Crippen molar-refractivity contribution in [1.82, 2.24) is 38.9 Å². The number of aromatic amines is 1. The highest BCUT2D eigenvalue weighted by atomic mass is 32.2. The average molecular weight is 1050 g/mol. The van der Waals surface area contributed by atoms with E-state index in [1.165, 1.54) is 24.4 Å². The van der Waals surface area contributed by atoms with E-state index in [0.29, 0.717) is 48.7 Å². The number of pyridine rings is 2. The van der Waals surface area contributed by atoms with Gasteiger partial charge in [-0.05, 0) is 94.4 Å². The van der Waals surface area contributed by atoms with Crippen molar-refractivity contribution in [3.8, 4) is 22.8 Å². The molecule has 0 radical (unpaired) electrons. The van der Waals surface area contributed by atoms with Crippen LogP contribution in [0.5, 0.6) is 0 Å². The number of nitrogens with one attached hydrogen (secondary N) is 1. The minimum atomic E-state index is -4.10. The van der Waals surface area contributed by atoms with Crippen molar-refractivity contribution in [2.24, 2.45) is 17.6 Å². The maximum atomic E-state index is 14.7. The van der Waals surface area contributed by atoms with E-state index in [-0.39, 0.29) is 69.3 Å². The molecule has 0 spiro atoms. The Hall–Kier alpha value is -5.85. The average Bonchev–Trinajstić information content (AvgIpc) is 3.85. The molecule has 6 heterocycles. The fraction of sp³-hybridized carbons (Fsp3) is 0.462. The number of halogens is 4. The number of benzene rings is 1. The first-order chi connectivity index (χ1) is 35.4. The molecule has 6 aromatic heterocycles. The molecule has 74 heavy (non-hydrogen) atoms. The van der Waals surface area contributed by atoms with E-state index in [4.69, 9.17) is 5.73 Å². The number of hydrogen-bond donors (Lipinski definition) is 8. The van der Waals surface area contributed by atoms with Crippen molar-refractivity contribution in [1.29, 1.82) is 0 Å². The molecule has 10 rings (SSSR count). The molecule has 0 amide bonds. The molecule has 0 saturated heterocycles. The van der Waals surface area contributed by atoms with Gasteiger partial charge >= 0.3 is 0 Å². The smallest absolute Gasteiger partial charge is 0.269 e. The second-order valence-electron chi connectivity index (χ2n) is 19.5. The van der Waals surface area contributed by atoms with Crippen LogP contribution in [0, 0.1) is 42.0 Å². The summed E-state index contributed by atoms with van der Waals surface area (Å²) in [5.74, 6) is -2.84. The Morgan fingerprint density at radius 2 is 1.11 bits per heavy atom. The van der Waals surface area contributed by atoms with Gasteiger partial charge in [0.15, 0.2) is 28.9 Å². The van der Waals surface area contributed by atoms with Crippen LogP contribution in [-0.2, 0) is 22.9 Å². The fourth-order valence-corrected chi connectivity index (χ4v) is 11.2. The van der Waals surface area contributed by atoms with Gasteiger partial charge in [-0.25, -0.2) is 59.9 Å². The quantitative estimate of drug-likeness (QED) is 0.0628. The lowest BCUT2D eigenvalue weighted by molar-refractivity contribution is -0.0150. The summed E-state index contributed by atoms with van der Waals surface area (Å²) in [5, 5.41) is 60.1. The Bertz CT molecular complexity index is 3140. The number of rotatable bonds is 8. The lowest BCUT2D eigenvalue weighted by Gasteiger charge is -2.23. The highest BCUT2D eigenvalue weighted by Crippen LogP contribution is 2.34. The number of fused-ring (bicyclic) bond motifs is 2. The van der Waals surface area contributed by atoms with Crippen molar-refractivity contribution in [2.75, 3.05) is 0 Å². The largest absolute Gasteiger partial charge is 0.390 e. The zero-order chi connectivity index (χ0) is 52.8. The van der Waals surface area contributed by atoms with Crippen LogP contribution in [0.25, 0.3) is 44.8 Å². The summed E-state index contributed by atoms with van der Waals surface area (Å²) >= 11 is 0. The summed E-state index contributed by atoms with van der Waals surface area (Å²) < 4.78 is 84.7. The fourth-order valence-electron chi connectivity index (χ4n) is 9.89. The highest BCUT2D eigenvalue weighted by Gasteiger charge is 2.33. The van der Waals surface area contributed by atoms with E-state index in [0.717, 1.165) is 85.3 Å². The van der Waals surface area contributed by atoms with E-state index in [9.17, 15) is 56.6 Å². The van der Waals surface area contributed by atoms with Crippen LogP contribution in [0.1, 0.15) is 94.0 Å². The summed E-state index contributed by atoms with van der Waals surface area (Å²) in [5.41, 5.74) is 7.81. The number of H-pyrrole nitrogens is 1. The monoisotopic (exact) mass is 1050 g/mol. The predicted molar refractivity (Wildman–Crippen MR) is 265 cm³/mol. The maximum absolute atomic E-state index is 14.7. The number of aliphatic hydroxyl groups excluding tert-OH is 6. The van der Waals surface area contributed by atoms with Gasteiger partial charge in [0.25, 0.3) is 10.0 Å². The standard InChI is InChI=1S/C26H26F2N4O4S.C19H20F2N4O2.C7H15NO2/c1-15-6-8-18(9-7-15)37(35,36)32-14-20(19-11-17(27)12-30-26(19)32)25-29-13-21(28)22(31-25)10-16-4-2-3-5-23(33)24(16)34;20-11-6-12-13(8-23-18(12)22-7-11)19-24-9-14(21)15(25-19)5-10-3-1-2-4-16(26)17(10)27;8-5-3-1-2-4-6(9)7(5)10/h6-9,11-14,16,23-24,33-34H,2-5,10H2,1H3;6-10,16-17,26-27H,1-5H2,(H,22,23);5-7,9-10H,1-4,8H2/t16?,23-,24-;10?,16-,17-;5-,6+,7+/m110/s1. The summed E-state index contributed by atoms with van der Waals surface area (Å²) in [4.78, 5) is 27.7. The topological polar surface area (TPSA) is 280 Å². The van der Waals surface area contributed by atoms with Crippen molar-refractivity contribution < 1.29 is 56.6 Å². The Kier molecular flexibility index (Phi) is 17.5. The number of nitrogens with two attached hydrogens (primary N) is 1. The molecule has 22 heteroatoms. The van der Waals surface area contributed by atoms with E-state index >= 15 is 0 Å². The van der Waals surface area contributed by atoms with Gasteiger partial charge in [0.1, 0.15) is 17.3 Å². The number of aliphatic hydroxyl groups is 6. The van der Waals surface area contributed by atoms with Crippen LogP contribution in [-0.4, -0.2) is 121 Å². The zero-order valence-corrected chi connectivity index (χ0v) is 41.5. The van der Waals surface area contributed by atoms with E-state index < -0.39 is 75.8 Å². The molecule has 3 aliphatic rings. The summed E-state index contributed by atoms with van der Waals surface area (Å²) in [7, 11) is -4.10. The molecule has 0 aliphatic heterocycles. The maximum Gasteiger partial charge on any atom is 0.269 e. The molecular formula is C52H61F4N9O8S. The molecule has 7 aromatic rings. The van der Waals surface area contributed by atoms with E-state index in [1.807, 2.05) is 6.92 Å². The summed E-state index contributed by atoms with van der Waals surface area (Å²) in [6.45, 7) is 1.84. The molecular weight excluding hydrogens is 987 g/mol. The first-order valence-electron chi connectivity index (χ1n) is 24.9. The third kappa shape index (κ3) is 12.5. The molecule has 17 nitrogen and oxygen atoms in total. The van der Waals surface area contributed by atoms with E-state index in [1.54, 1.807) is 18.3 Å². The van der Waals surface area contributed by atoms with Crippen molar-refractivity contribution in [3.63, 3.8) is 0 Å². The van der Waals surface area contributed by atoms with Gasteiger partial charge in [-0.3, -0.25) is 0 Å². The highest BCUT2D eigenvalue weighted by molar-refractivity contribution is 7.90. The number of nitrogens with zero attached hydrogens (tertiary/aromatic N) is 7. The van der Waals surface area contributed by atoms with Crippen LogP contribution in [0.15, 0.2) is 78.5 Å². The van der Waals surface area contributed by atoms with Crippen LogP contribution in [0.3, 0.4) is 0 Å². The van der Waals surface area contributed by atoms with Gasteiger partial charge in [-0.1, -0.05) is 56.2 Å². The van der Waals surface area contributed by atoms with Crippen molar-refractivity contribution >= 4 is 32.1 Å². The number of aryl methyl sites for hydroxylation is 1. The first-order valence-corrected chi connectivity index (χ1v) is 26.3. The molecule has 3 fully saturated rings. The van der Waals surface area contributed by atoms with Gasteiger partial charge in [0.05, 0.1) is 77.7 Å². The zero-order valence-electron chi connectivity index (χ0n) is 40.7. The van der Waals surface area contributed by atoms with Crippen LogP contribution >= 0.6 is 0 Å². The van der Waals surface area contributed by atoms with Crippen LogP contribution < -0.4 is 5.73 Å².